The number of carbonyl (C=O) groups is 1. The van der Waals surface area contributed by atoms with Gasteiger partial charge in [-0.2, -0.15) is 0 Å². The number of urea groups is 1. The van der Waals surface area contributed by atoms with E-state index in [1.165, 1.54) is 0 Å². The topological polar surface area (TPSA) is 35.6 Å². The lowest BCUT2D eigenvalue weighted by atomic mass is 10.1. The first-order valence-corrected chi connectivity index (χ1v) is 4.16. The highest BCUT2D eigenvalue weighted by molar-refractivity contribution is 5.78. The Hall–Kier alpha value is -1.19. The molecule has 0 radical (unpaired) electrons. The molecule has 1 atom stereocenters. The van der Waals surface area contributed by atoms with Crippen molar-refractivity contribution < 1.29 is 4.79 Å². The Bertz CT molecular complexity index is 249. The summed E-state index contributed by atoms with van der Waals surface area (Å²) in [5.41, 5.74) is 1.13. The van der Waals surface area contributed by atoms with Gasteiger partial charge in [-0.1, -0.05) is 0 Å². The Morgan fingerprint density at radius 3 is 3.17 bits per heavy atom. The van der Waals surface area contributed by atoms with Gasteiger partial charge < -0.3 is 10.2 Å². The van der Waals surface area contributed by atoms with Gasteiger partial charge >= 0.3 is 6.03 Å². The third-order valence-electron chi connectivity index (χ3n) is 2.21. The fourth-order valence-corrected chi connectivity index (χ4v) is 1.69. The van der Waals surface area contributed by atoms with Crippen molar-refractivity contribution in [1.29, 1.82) is 0 Å². The van der Waals surface area contributed by atoms with E-state index in [2.05, 4.69) is 5.32 Å². The molecule has 2 heterocycles. The minimum atomic E-state index is 0.0318. The third kappa shape index (κ3) is 1.03. The summed E-state index contributed by atoms with van der Waals surface area (Å²) in [6, 6.07) is 0.302. The summed E-state index contributed by atoms with van der Waals surface area (Å²) in [7, 11) is 1.98. The standard InChI is InChI=1S/C8H13N3O/c1-6-3-7-4-10(2)5-11(7)8(12)9-6/h4,6H,3,5H2,1-2H3,(H,9,12). The first-order chi connectivity index (χ1) is 5.66. The SMILES string of the molecule is CC1CC2=CN(C)CN2C(=O)N1. The molecule has 1 saturated heterocycles. The van der Waals surface area contributed by atoms with E-state index in [-0.39, 0.29) is 12.1 Å². The van der Waals surface area contributed by atoms with Crippen molar-refractivity contribution in [2.75, 3.05) is 13.7 Å². The van der Waals surface area contributed by atoms with Crippen LogP contribution >= 0.6 is 0 Å². The molecule has 2 rings (SSSR count). The summed E-state index contributed by atoms with van der Waals surface area (Å²) in [5.74, 6) is 0. The molecular weight excluding hydrogens is 154 g/mol. The van der Waals surface area contributed by atoms with Crippen LogP contribution in [0.25, 0.3) is 0 Å². The highest BCUT2D eigenvalue weighted by atomic mass is 16.2. The summed E-state index contributed by atoms with van der Waals surface area (Å²) in [6.45, 7) is 2.71. The predicted molar refractivity (Wildman–Crippen MR) is 45.2 cm³/mol. The average Bonchev–Trinajstić information content (AvgIpc) is 2.29. The molecule has 0 bridgehead atoms. The van der Waals surface area contributed by atoms with Crippen LogP contribution in [-0.4, -0.2) is 35.6 Å². The zero-order valence-corrected chi connectivity index (χ0v) is 7.37. The molecule has 12 heavy (non-hydrogen) atoms. The molecule has 0 aliphatic carbocycles. The average molecular weight is 167 g/mol. The molecule has 2 aliphatic heterocycles. The Morgan fingerprint density at radius 1 is 1.67 bits per heavy atom. The van der Waals surface area contributed by atoms with E-state index in [4.69, 9.17) is 0 Å². The number of hydrogen-bond acceptors (Lipinski definition) is 2. The Kier molecular flexibility index (Phi) is 1.49. The lowest BCUT2D eigenvalue weighted by molar-refractivity contribution is 0.188. The lowest BCUT2D eigenvalue weighted by Crippen LogP contribution is -2.48. The normalized spacial score (nSPS) is 28.3. The van der Waals surface area contributed by atoms with Gasteiger partial charge in [0.1, 0.15) is 0 Å². The number of rotatable bonds is 0. The smallest absolute Gasteiger partial charge is 0.323 e. The van der Waals surface area contributed by atoms with E-state index in [1.54, 1.807) is 4.90 Å². The highest BCUT2D eigenvalue weighted by Gasteiger charge is 2.30. The van der Waals surface area contributed by atoms with Crippen molar-refractivity contribution >= 4 is 6.03 Å². The van der Waals surface area contributed by atoms with Gasteiger partial charge in [-0.25, -0.2) is 4.79 Å². The minimum absolute atomic E-state index is 0.0318. The second-order valence-electron chi connectivity index (χ2n) is 3.50. The fourth-order valence-electron chi connectivity index (χ4n) is 1.69. The molecule has 1 fully saturated rings. The zero-order valence-electron chi connectivity index (χ0n) is 7.37. The van der Waals surface area contributed by atoms with Gasteiger partial charge in [0.15, 0.2) is 0 Å². The first kappa shape index (κ1) is 7.46. The third-order valence-corrected chi connectivity index (χ3v) is 2.21. The number of carbonyl (C=O) groups excluding carboxylic acids is 1. The molecule has 66 valence electrons. The van der Waals surface area contributed by atoms with Crippen LogP contribution in [0.5, 0.6) is 0 Å². The first-order valence-electron chi connectivity index (χ1n) is 4.16. The number of amides is 2. The maximum absolute atomic E-state index is 11.4. The molecular formula is C8H13N3O. The van der Waals surface area contributed by atoms with Crippen molar-refractivity contribution in [3.05, 3.63) is 11.9 Å². The van der Waals surface area contributed by atoms with Gasteiger partial charge in [-0.05, 0) is 6.92 Å². The van der Waals surface area contributed by atoms with Gasteiger partial charge in [-0.15, -0.1) is 0 Å². The van der Waals surface area contributed by atoms with Crippen LogP contribution in [0.1, 0.15) is 13.3 Å². The van der Waals surface area contributed by atoms with Crippen LogP contribution in [0.2, 0.25) is 0 Å². The monoisotopic (exact) mass is 167 g/mol. The Labute approximate surface area is 71.8 Å². The molecule has 1 unspecified atom stereocenters. The molecule has 1 N–H and O–H groups in total. The van der Waals surface area contributed by atoms with Crippen LogP contribution in [-0.2, 0) is 0 Å². The fraction of sp³-hybridized carbons (Fsp3) is 0.625. The van der Waals surface area contributed by atoms with Gasteiger partial charge in [0.25, 0.3) is 0 Å². The maximum atomic E-state index is 11.4. The largest absolute Gasteiger partial charge is 0.361 e. The quantitative estimate of drug-likeness (QED) is 0.571. The summed E-state index contributed by atoms with van der Waals surface area (Å²) in [4.78, 5) is 15.2. The molecule has 0 aromatic rings. The van der Waals surface area contributed by atoms with Gasteiger partial charge in [-0.3, -0.25) is 4.90 Å². The van der Waals surface area contributed by atoms with E-state index in [0.717, 1.165) is 12.1 Å². The Morgan fingerprint density at radius 2 is 2.42 bits per heavy atom. The lowest BCUT2D eigenvalue weighted by Gasteiger charge is -2.29. The van der Waals surface area contributed by atoms with Crippen molar-refractivity contribution in [3.63, 3.8) is 0 Å². The van der Waals surface area contributed by atoms with E-state index < -0.39 is 0 Å². The summed E-state index contributed by atoms with van der Waals surface area (Å²) < 4.78 is 0. The van der Waals surface area contributed by atoms with Crippen molar-refractivity contribution in [2.45, 2.75) is 19.4 Å². The van der Waals surface area contributed by atoms with E-state index in [9.17, 15) is 4.79 Å². The number of nitrogens with one attached hydrogen (secondary N) is 1. The van der Waals surface area contributed by atoms with Crippen LogP contribution < -0.4 is 5.32 Å². The summed E-state index contributed by atoms with van der Waals surface area (Å²) in [5, 5.41) is 2.89. The molecule has 0 aromatic heterocycles. The van der Waals surface area contributed by atoms with Gasteiger partial charge in [0.05, 0.1) is 6.67 Å². The second-order valence-corrected chi connectivity index (χ2v) is 3.50. The molecule has 4 heteroatoms. The number of nitrogens with zero attached hydrogens (tertiary/aromatic N) is 2. The van der Waals surface area contributed by atoms with Crippen LogP contribution in [0.3, 0.4) is 0 Å². The minimum Gasteiger partial charge on any atom is -0.361 e. The second kappa shape index (κ2) is 2.40. The molecule has 0 spiro atoms. The molecule has 2 aliphatic rings. The summed E-state index contributed by atoms with van der Waals surface area (Å²) in [6.07, 6.45) is 2.98. The molecule has 2 amide bonds. The van der Waals surface area contributed by atoms with Gasteiger partial charge in [0.2, 0.25) is 0 Å². The molecule has 0 aromatic carbocycles. The van der Waals surface area contributed by atoms with E-state index >= 15 is 0 Å². The van der Waals surface area contributed by atoms with Crippen molar-refractivity contribution in [1.82, 2.24) is 15.1 Å². The predicted octanol–water partition coefficient (Wildman–Crippen LogP) is 0.534. The van der Waals surface area contributed by atoms with E-state index in [1.807, 2.05) is 25.1 Å². The van der Waals surface area contributed by atoms with Crippen LogP contribution in [0.15, 0.2) is 11.9 Å². The number of fused-ring (bicyclic) bond motifs is 1. The maximum Gasteiger partial charge on any atom is 0.323 e. The number of hydrogen-bond donors (Lipinski definition) is 1. The van der Waals surface area contributed by atoms with E-state index in [0.29, 0.717) is 6.67 Å². The van der Waals surface area contributed by atoms with Crippen LogP contribution in [0.4, 0.5) is 4.79 Å². The highest BCUT2D eigenvalue weighted by Crippen LogP contribution is 2.22. The molecule has 4 nitrogen and oxygen atoms in total. The van der Waals surface area contributed by atoms with Crippen molar-refractivity contribution in [2.24, 2.45) is 0 Å². The Balaban J connectivity index is 2.21. The molecule has 0 saturated carbocycles. The summed E-state index contributed by atoms with van der Waals surface area (Å²) >= 11 is 0. The van der Waals surface area contributed by atoms with Crippen molar-refractivity contribution in [3.8, 4) is 0 Å². The van der Waals surface area contributed by atoms with Crippen LogP contribution in [0, 0.1) is 0 Å². The van der Waals surface area contributed by atoms with Gasteiger partial charge in [0, 0.05) is 31.4 Å². The zero-order chi connectivity index (χ0) is 8.72.